The zero-order chi connectivity index (χ0) is 13.4. The van der Waals surface area contributed by atoms with Gasteiger partial charge in [-0.05, 0) is 29.8 Å². The van der Waals surface area contributed by atoms with E-state index >= 15 is 0 Å². The fraction of sp³-hybridized carbons (Fsp3) is 0.0769. The quantitative estimate of drug-likeness (QED) is 0.730. The molecule has 4 nitrogen and oxygen atoms in total. The van der Waals surface area contributed by atoms with Gasteiger partial charge in [0.1, 0.15) is 5.82 Å². The molecule has 2 aromatic heterocycles. The second-order valence-electron chi connectivity index (χ2n) is 4.14. The lowest BCUT2D eigenvalue weighted by atomic mass is 10.2. The number of fused-ring (bicyclic) bond motifs is 1. The fourth-order valence-corrected chi connectivity index (χ4v) is 2.68. The number of aryl methyl sites for hydroxylation is 1. The summed E-state index contributed by atoms with van der Waals surface area (Å²) in [7, 11) is 0. The van der Waals surface area contributed by atoms with Crippen LogP contribution in [0.3, 0.4) is 0 Å². The van der Waals surface area contributed by atoms with Gasteiger partial charge in [-0.15, -0.1) is 11.3 Å². The molecule has 0 amide bonds. The molecule has 0 saturated heterocycles. The molecule has 3 aromatic rings. The Hall–Kier alpha value is -2.21. The molecule has 0 bridgehead atoms. The number of hydrogen-bond acceptors (Lipinski definition) is 4. The lowest BCUT2D eigenvalue weighted by Gasteiger charge is -1.99. The average Bonchev–Trinajstić information content (AvgIpc) is 2.96. The van der Waals surface area contributed by atoms with Crippen molar-refractivity contribution in [3.8, 4) is 0 Å². The first-order valence-corrected chi connectivity index (χ1v) is 6.54. The van der Waals surface area contributed by atoms with Crippen molar-refractivity contribution in [2.24, 2.45) is 5.10 Å². The van der Waals surface area contributed by atoms with Gasteiger partial charge in [0.05, 0.1) is 22.8 Å². The Labute approximate surface area is 113 Å². The third-order valence-corrected chi connectivity index (χ3v) is 3.67. The van der Waals surface area contributed by atoms with E-state index in [2.05, 4.69) is 10.1 Å². The van der Waals surface area contributed by atoms with Gasteiger partial charge in [-0.25, -0.2) is 14.1 Å². The number of benzene rings is 1. The van der Waals surface area contributed by atoms with E-state index in [4.69, 9.17) is 5.73 Å². The number of hydrogen-bond donors (Lipinski definition) is 1. The standard InChI is InChI=1S/C13H11FN4S/c1-8-7-18(13(15)17-8)16-6-10-3-2-9-4-5-19-12(9)11(10)14/h2-7H,1H3,(H2,15,17). The number of nitrogens with zero attached hydrogens (tertiary/aromatic N) is 3. The Morgan fingerprint density at radius 3 is 3.00 bits per heavy atom. The molecule has 6 heteroatoms. The highest BCUT2D eigenvalue weighted by Gasteiger charge is 2.07. The number of imidazole rings is 1. The van der Waals surface area contributed by atoms with E-state index < -0.39 is 0 Å². The highest BCUT2D eigenvalue weighted by Crippen LogP contribution is 2.25. The molecular formula is C13H11FN4S. The number of aromatic nitrogens is 2. The van der Waals surface area contributed by atoms with Crippen LogP contribution in [-0.4, -0.2) is 15.9 Å². The Kier molecular flexibility index (Phi) is 2.79. The van der Waals surface area contributed by atoms with Crippen LogP contribution in [0.1, 0.15) is 11.3 Å². The van der Waals surface area contributed by atoms with Crippen molar-refractivity contribution < 1.29 is 4.39 Å². The predicted octanol–water partition coefficient (Wildman–Crippen LogP) is 3.01. The minimum absolute atomic E-state index is 0.258. The van der Waals surface area contributed by atoms with Crippen molar-refractivity contribution in [1.82, 2.24) is 9.66 Å². The zero-order valence-corrected chi connectivity index (χ0v) is 11.0. The summed E-state index contributed by atoms with van der Waals surface area (Å²) >= 11 is 1.38. The molecule has 0 aliphatic rings. The Morgan fingerprint density at radius 2 is 2.26 bits per heavy atom. The van der Waals surface area contributed by atoms with Crippen LogP contribution in [0.4, 0.5) is 10.3 Å². The zero-order valence-electron chi connectivity index (χ0n) is 10.2. The summed E-state index contributed by atoms with van der Waals surface area (Å²) in [6.45, 7) is 1.82. The van der Waals surface area contributed by atoms with Gasteiger partial charge in [0.15, 0.2) is 0 Å². The summed E-state index contributed by atoms with van der Waals surface area (Å²) in [6.07, 6.45) is 3.14. The first kappa shape index (κ1) is 11.9. The highest BCUT2D eigenvalue weighted by molar-refractivity contribution is 7.17. The van der Waals surface area contributed by atoms with Crippen molar-refractivity contribution in [3.63, 3.8) is 0 Å². The van der Waals surface area contributed by atoms with E-state index in [9.17, 15) is 4.39 Å². The monoisotopic (exact) mass is 274 g/mol. The number of anilines is 1. The van der Waals surface area contributed by atoms with Crippen LogP contribution >= 0.6 is 11.3 Å². The molecule has 0 aliphatic carbocycles. The molecule has 1 aromatic carbocycles. The second-order valence-corrected chi connectivity index (χ2v) is 5.05. The maximum absolute atomic E-state index is 14.2. The maximum Gasteiger partial charge on any atom is 0.221 e. The van der Waals surface area contributed by atoms with Gasteiger partial charge in [-0.3, -0.25) is 0 Å². The van der Waals surface area contributed by atoms with Gasteiger partial charge in [0.2, 0.25) is 5.95 Å². The molecular weight excluding hydrogens is 263 g/mol. The Bertz CT molecular complexity index is 772. The van der Waals surface area contributed by atoms with Crippen LogP contribution in [0.5, 0.6) is 0 Å². The predicted molar refractivity (Wildman–Crippen MR) is 76.2 cm³/mol. The molecule has 0 atom stereocenters. The van der Waals surface area contributed by atoms with E-state index in [0.29, 0.717) is 10.3 Å². The summed E-state index contributed by atoms with van der Waals surface area (Å²) in [5.74, 6) is 0.0259. The summed E-state index contributed by atoms with van der Waals surface area (Å²) in [4.78, 5) is 4.02. The summed E-state index contributed by atoms with van der Waals surface area (Å²) < 4.78 is 16.2. The molecule has 2 N–H and O–H groups in total. The molecule has 19 heavy (non-hydrogen) atoms. The highest BCUT2D eigenvalue weighted by atomic mass is 32.1. The first-order valence-electron chi connectivity index (χ1n) is 5.66. The summed E-state index contributed by atoms with van der Waals surface area (Å²) in [5, 5.41) is 6.89. The van der Waals surface area contributed by atoms with Crippen LogP contribution < -0.4 is 5.73 Å². The van der Waals surface area contributed by atoms with E-state index in [1.165, 1.54) is 22.2 Å². The van der Waals surface area contributed by atoms with Crippen LogP contribution in [-0.2, 0) is 0 Å². The summed E-state index contributed by atoms with van der Waals surface area (Å²) in [5.41, 5.74) is 6.86. The van der Waals surface area contributed by atoms with E-state index in [0.717, 1.165) is 11.1 Å². The number of nitrogen functional groups attached to an aromatic ring is 1. The Balaban J connectivity index is 2.01. The number of nitrogens with two attached hydrogens (primary N) is 1. The molecule has 0 radical (unpaired) electrons. The Morgan fingerprint density at radius 1 is 1.42 bits per heavy atom. The third-order valence-electron chi connectivity index (χ3n) is 2.75. The third kappa shape index (κ3) is 2.10. The molecule has 0 spiro atoms. The van der Waals surface area contributed by atoms with Gasteiger partial charge in [0.25, 0.3) is 0 Å². The van der Waals surface area contributed by atoms with Gasteiger partial charge < -0.3 is 5.73 Å². The largest absolute Gasteiger partial charge is 0.368 e. The van der Waals surface area contributed by atoms with Crippen molar-refractivity contribution in [2.75, 3.05) is 5.73 Å². The molecule has 0 unspecified atom stereocenters. The van der Waals surface area contributed by atoms with E-state index in [-0.39, 0.29) is 11.8 Å². The second kappa shape index (κ2) is 4.47. The maximum atomic E-state index is 14.2. The lowest BCUT2D eigenvalue weighted by molar-refractivity contribution is 0.639. The van der Waals surface area contributed by atoms with Crippen molar-refractivity contribution in [2.45, 2.75) is 6.92 Å². The molecule has 0 fully saturated rings. The molecule has 0 aliphatic heterocycles. The van der Waals surface area contributed by atoms with Gasteiger partial charge in [-0.2, -0.15) is 5.10 Å². The summed E-state index contributed by atoms with van der Waals surface area (Å²) in [6, 6.07) is 5.47. The average molecular weight is 274 g/mol. The van der Waals surface area contributed by atoms with E-state index in [1.807, 2.05) is 24.4 Å². The van der Waals surface area contributed by atoms with Crippen molar-refractivity contribution >= 4 is 33.6 Å². The minimum Gasteiger partial charge on any atom is -0.368 e. The number of rotatable bonds is 2. The molecule has 3 rings (SSSR count). The number of halogens is 1. The van der Waals surface area contributed by atoms with Crippen LogP contribution in [0.15, 0.2) is 34.9 Å². The SMILES string of the molecule is Cc1cn(N=Cc2ccc3ccsc3c2F)c(N)n1. The molecule has 96 valence electrons. The number of thiophene rings is 1. The van der Waals surface area contributed by atoms with Crippen molar-refractivity contribution in [1.29, 1.82) is 0 Å². The topological polar surface area (TPSA) is 56.2 Å². The minimum atomic E-state index is -0.258. The molecule has 0 saturated carbocycles. The van der Waals surface area contributed by atoms with Gasteiger partial charge in [0, 0.05) is 5.56 Å². The van der Waals surface area contributed by atoms with Crippen LogP contribution in [0.25, 0.3) is 10.1 Å². The van der Waals surface area contributed by atoms with Gasteiger partial charge in [-0.1, -0.05) is 6.07 Å². The fourth-order valence-electron chi connectivity index (χ4n) is 1.83. The normalized spacial score (nSPS) is 11.7. The lowest BCUT2D eigenvalue weighted by Crippen LogP contribution is -1.97. The van der Waals surface area contributed by atoms with E-state index in [1.54, 1.807) is 12.3 Å². The first-order chi connectivity index (χ1) is 9.15. The van der Waals surface area contributed by atoms with Crippen LogP contribution in [0.2, 0.25) is 0 Å². The van der Waals surface area contributed by atoms with Gasteiger partial charge >= 0.3 is 0 Å². The van der Waals surface area contributed by atoms with Crippen LogP contribution in [0, 0.1) is 12.7 Å². The molecule has 2 heterocycles. The smallest absolute Gasteiger partial charge is 0.221 e. The van der Waals surface area contributed by atoms with Crippen molar-refractivity contribution in [3.05, 3.63) is 46.9 Å².